The Kier molecular flexibility index (Phi) is 2.42. The van der Waals surface area contributed by atoms with Crippen molar-refractivity contribution in [2.45, 2.75) is 45.1 Å². The number of ether oxygens (including phenoxy) is 1. The van der Waals surface area contributed by atoms with Gasteiger partial charge in [-0.2, -0.15) is 0 Å². The van der Waals surface area contributed by atoms with Gasteiger partial charge in [0.05, 0.1) is 4.92 Å². The van der Waals surface area contributed by atoms with Gasteiger partial charge in [-0.15, -0.1) is 0 Å². The van der Waals surface area contributed by atoms with Gasteiger partial charge in [-0.25, -0.2) is 0 Å². The Hall–Kier alpha value is -1.58. The molecule has 0 N–H and O–H groups in total. The minimum atomic E-state index is -0.379. The lowest BCUT2D eigenvalue weighted by atomic mass is 9.73. The van der Waals surface area contributed by atoms with E-state index in [-0.39, 0.29) is 21.6 Å². The molecule has 0 saturated heterocycles. The van der Waals surface area contributed by atoms with Crippen molar-refractivity contribution in [2.24, 2.45) is 0 Å². The Labute approximate surface area is 101 Å². The predicted molar refractivity (Wildman–Crippen MR) is 65.4 cm³/mol. The Morgan fingerprint density at radius 3 is 2.53 bits per heavy atom. The first-order valence-corrected chi connectivity index (χ1v) is 5.70. The van der Waals surface area contributed by atoms with Gasteiger partial charge in [0.25, 0.3) is 0 Å². The van der Waals surface area contributed by atoms with Crippen LogP contribution in [0.3, 0.4) is 0 Å². The second-order valence-corrected chi connectivity index (χ2v) is 5.83. The summed E-state index contributed by atoms with van der Waals surface area (Å²) >= 11 is 0. The molecular formula is C13H17NO3. The summed E-state index contributed by atoms with van der Waals surface area (Å²) < 4.78 is 5.81. The minimum absolute atomic E-state index is 0.0587. The minimum Gasteiger partial charge on any atom is -0.481 e. The van der Waals surface area contributed by atoms with Crippen LogP contribution in [0.25, 0.3) is 0 Å². The molecule has 0 radical (unpaired) electrons. The van der Waals surface area contributed by atoms with Gasteiger partial charge in [-0.05, 0) is 25.7 Å². The summed E-state index contributed by atoms with van der Waals surface area (Å²) in [4.78, 5) is 10.6. The third-order valence-corrected chi connectivity index (χ3v) is 3.17. The molecule has 17 heavy (non-hydrogen) atoms. The van der Waals surface area contributed by atoms with Crippen molar-refractivity contribution in [3.63, 3.8) is 0 Å². The number of rotatable bonds is 1. The maximum Gasteiger partial charge on any atom is 0.311 e. The average Bonchev–Trinajstić information content (AvgIpc) is 2.13. The molecule has 1 aromatic carbocycles. The van der Waals surface area contributed by atoms with E-state index in [0.717, 1.165) is 12.0 Å². The maximum absolute atomic E-state index is 11.0. The summed E-state index contributed by atoms with van der Waals surface area (Å²) in [6.45, 7) is 8.13. The molecule has 1 aliphatic heterocycles. The zero-order valence-corrected chi connectivity index (χ0v) is 10.6. The van der Waals surface area contributed by atoms with Crippen LogP contribution in [-0.4, -0.2) is 10.5 Å². The van der Waals surface area contributed by atoms with E-state index < -0.39 is 0 Å². The lowest BCUT2D eigenvalue weighted by molar-refractivity contribution is -0.386. The van der Waals surface area contributed by atoms with E-state index in [9.17, 15) is 10.1 Å². The number of nitrogens with zero attached hydrogens (tertiary/aromatic N) is 1. The lowest BCUT2D eigenvalue weighted by Crippen LogP contribution is -2.41. The smallest absolute Gasteiger partial charge is 0.311 e. The van der Waals surface area contributed by atoms with Crippen LogP contribution in [0, 0.1) is 10.1 Å². The maximum atomic E-state index is 11.0. The topological polar surface area (TPSA) is 52.4 Å². The Morgan fingerprint density at radius 1 is 1.29 bits per heavy atom. The molecule has 4 nitrogen and oxygen atoms in total. The van der Waals surface area contributed by atoms with Gasteiger partial charge in [0, 0.05) is 11.6 Å². The molecular weight excluding hydrogens is 218 g/mol. The number of hydrogen-bond acceptors (Lipinski definition) is 3. The Morgan fingerprint density at radius 2 is 1.94 bits per heavy atom. The fraction of sp³-hybridized carbons (Fsp3) is 0.538. The SMILES string of the molecule is CC1(C)CC(C)(C)c2cccc([N+](=O)[O-])c2O1. The van der Waals surface area contributed by atoms with Crippen molar-refractivity contribution >= 4 is 5.69 Å². The number of nitro benzene ring substituents is 1. The third-order valence-electron chi connectivity index (χ3n) is 3.17. The molecule has 0 spiro atoms. The predicted octanol–water partition coefficient (Wildman–Crippen LogP) is 3.43. The van der Waals surface area contributed by atoms with E-state index in [0.29, 0.717) is 5.75 Å². The van der Waals surface area contributed by atoms with Crippen molar-refractivity contribution in [1.29, 1.82) is 0 Å². The second kappa shape index (κ2) is 3.45. The van der Waals surface area contributed by atoms with Crippen molar-refractivity contribution in [3.05, 3.63) is 33.9 Å². The average molecular weight is 235 g/mol. The van der Waals surface area contributed by atoms with E-state index in [1.165, 1.54) is 6.07 Å². The van der Waals surface area contributed by atoms with Crippen LogP contribution in [0.4, 0.5) is 5.69 Å². The molecule has 1 aromatic rings. The molecule has 0 bridgehead atoms. The Balaban J connectivity index is 2.65. The normalized spacial score (nSPS) is 20.2. The standard InChI is InChI=1S/C13H17NO3/c1-12(2)8-13(3,4)17-11-9(12)6-5-7-10(11)14(15)16/h5-7H,8H2,1-4H3. The van der Waals surface area contributed by atoms with Crippen molar-refractivity contribution in [2.75, 3.05) is 0 Å². The van der Waals surface area contributed by atoms with Crippen molar-refractivity contribution in [3.8, 4) is 5.75 Å². The quantitative estimate of drug-likeness (QED) is 0.553. The first kappa shape index (κ1) is 11.9. The second-order valence-electron chi connectivity index (χ2n) is 5.83. The molecule has 0 saturated carbocycles. The molecule has 0 atom stereocenters. The van der Waals surface area contributed by atoms with Gasteiger partial charge in [0.15, 0.2) is 0 Å². The van der Waals surface area contributed by atoms with E-state index in [1.54, 1.807) is 6.07 Å². The molecule has 2 rings (SSSR count). The van der Waals surface area contributed by atoms with Gasteiger partial charge in [0.1, 0.15) is 5.60 Å². The van der Waals surface area contributed by atoms with E-state index in [1.807, 2.05) is 19.9 Å². The lowest BCUT2D eigenvalue weighted by Gasteiger charge is -2.41. The van der Waals surface area contributed by atoms with Crippen LogP contribution in [0.2, 0.25) is 0 Å². The van der Waals surface area contributed by atoms with Gasteiger partial charge >= 0.3 is 5.69 Å². The van der Waals surface area contributed by atoms with Crippen LogP contribution >= 0.6 is 0 Å². The van der Waals surface area contributed by atoms with E-state index in [4.69, 9.17) is 4.74 Å². The summed E-state index contributed by atoms with van der Waals surface area (Å²) in [5, 5.41) is 11.0. The number of hydrogen-bond donors (Lipinski definition) is 0. The van der Waals surface area contributed by atoms with Crippen LogP contribution in [-0.2, 0) is 5.41 Å². The number of fused-ring (bicyclic) bond motifs is 1. The Bertz CT molecular complexity index is 478. The summed E-state index contributed by atoms with van der Waals surface area (Å²) in [6, 6.07) is 5.13. The van der Waals surface area contributed by atoms with Crippen LogP contribution in [0.5, 0.6) is 5.75 Å². The first-order chi connectivity index (χ1) is 7.73. The summed E-state index contributed by atoms with van der Waals surface area (Å²) in [6.07, 6.45) is 0.841. The molecule has 0 unspecified atom stereocenters. The van der Waals surface area contributed by atoms with Gasteiger partial charge < -0.3 is 4.74 Å². The number of nitro groups is 1. The zero-order valence-electron chi connectivity index (χ0n) is 10.6. The molecule has 92 valence electrons. The van der Waals surface area contributed by atoms with E-state index in [2.05, 4.69) is 13.8 Å². The molecule has 4 heteroatoms. The molecule has 1 aliphatic rings. The summed E-state index contributed by atoms with van der Waals surface area (Å²) in [5.74, 6) is 0.429. The third kappa shape index (κ3) is 1.99. The fourth-order valence-electron chi connectivity index (χ4n) is 2.78. The molecule has 0 fully saturated rings. The van der Waals surface area contributed by atoms with Gasteiger partial charge in [-0.1, -0.05) is 26.0 Å². The summed E-state index contributed by atoms with van der Waals surface area (Å²) in [5.41, 5.74) is 0.500. The largest absolute Gasteiger partial charge is 0.481 e. The van der Waals surface area contributed by atoms with Crippen LogP contribution in [0.1, 0.15) is 39.7 Å². The van der Waals surface area contributed by atoms with Gasteiger partial charge in [-0.3, -0.25) is 10.1 Å². The fourth-order valence-corrected chi connectivity index (χ4v) is 2.78. The molecule has 0 aliphatic carbocycles. The highest BCUT2D eigenvalue weighted by Gasteiger charge is 2.41. The van der Waals surface area contributed by atoms with Crippen LogP contribution in [0.15, 0.2) is 18.2 Å². The highest BCUT2D eigenvalue weighted by Crippen LogP contribution is 2.48. The molecule has 0 aromatic heterocycles. The molecule has 1 heterocycles. The summed E-state index contributed by atoms with van der Waals surface area (Å²) in [7, 11) is 0. The number of benzene rings is 1. The monoisotopic (exact) mass is 235 g/mol. The highest BCUT2D eigenvalue weighted by molar-refractivity contribution is 5.55. The molecule has 0 amide bonds. The van der Waals surface area contributed by atoms with Crippen molar-refractivity contribution in [1.82, 2.24) is 0 Å². The van der Waals surface area contributed by atoms with E-state index >= 15 is 0 Å². The zero-order chi connectivity index (χ0) is 12.8. The number of para-hydroxylation sites is 1. The highest BCUT2D eigenvalue weighted by atomic mass is 16.6. The van der Waals surface area contributed by atoms with Crippen molar-refractivity contribution < 1.29 is 9.66 Å². The van der Waals surface area contributed by atoms with Crippen LogP contribution < -0.4 is 4.74 Å². The first-order valence-electron chi connectivity index (χ1n) is 5.70. The van der Waals surface area contributed by atoms with Gasteiger partial charge in [0.2, 0.25) is 5.75 Å².